The molecule has 1 aliphatic carbocycles. The summed E-state index contributed by atoms with van der Waals surface area (Å²) in [6, 6.07) is 52.4. The van der Waals surface area contributed by atoms with Gasteiger partial charge in [0.15, 0.2) is 0 Å². The van der Waals surface area contributed by atoms with Crippen molar-refractivity contribution >= 4 is 32.3 Å². The maximum absolute atomic E-state index is 2.48. The lowest BCUT2D eigenvalue weighted by Crippen LogP contribution is -2.28. The number of rotatable bonds is 3. The molecule has 1 aliphatic rings. The van der Waals surface area contributed by atoms with E-state index in [1.807, 2.05) is 0 Å². The molecule has 0 radical (unpaired) electrons. The predicted octanol–water partition coefficient (Wildman–Crippen LogP) is 10.1. The van der Waals surface area contributed by atoms with Crippen LogP contribution in [0.4, 0.5) is 0 Å². The molecule has 7 aromatic carbocycles. The van der Waals surface area contributed by atoms with Crippen LogP contribution in [0, 0.1) is 0 Å². The van der Waals surface area contributed by atoms with Crippen LogP contribution < -0.4 is 0 Å². The molecule has 0 heterocycles. The third kappa shape index (κ3) is 3.12. The molecule has 0 bridgehead atoms. The van der Waals surface area contributed by atoms with Crippen molar-refractivity contribution in [1.82, 2.24) is 0 Å². The first-order valence-corrected chi connectivity index (χ1v) is 13.9. The fourth-order valence-corrected chi connectivity index (χ4v) is 6.99. The van der Waals surface area contributed by atoms with Gasteiger partial charge in [-0.15, -0.1) is 0 Å². The van der Waals surface area contributed by atoms with Crippen molar-refractivity contribution in [3.05, 3.63) is 167 Å². The zero-order valence-corrected chi connectivity index (χ0v) is 22.0. The van der Waals surface area contributed by atoms with E-state index < -0.39 is 5.41 Å². The molecule has 0 nitrogen and oxygen atoms in total. The van der Waals surface area contributed by atoms with Crippen LogP contribution in [0.25, 0.3) is 43.4 Å². The SMILES string of the molecule is CCc1ccc2c(c1)C(c1ccc3ccccc3c1)(c1ccc3ccccc3c1)c1ccc3ccccc3c1-2. The van der Waals surface area contributed by atoms with Gasteiger partial charge in [-0.3, -0.25) is 0 Å². The summed E-state index contributed by atoms with van der Waals surface area (Å²) >= 11 is 0. The molecule has 0 saturated carbocycles. The van der Waals surface area contributed by atoms with Crippen molar-refractivity contribution in [2.24, 2.45) is 0 Å². The second-order valence-electron chi connectivity index (χ2n) is 10.8. The Labute approximate surface area is 229 Å². The van der Waals surface area contributed by atoms with Crippen molar-refractivity contribution in [3.63, 3.8) is 0 Å². The Morgan fingerprint density at radius 2 is 1.03 bits per heavy atom. The van der Waals surface area contributed by atoms with E-state index in [0.717, 1.165) is 6.42 Å². The number of hydrogen-bond acceptors (Lipinski definition) is 0. The highest BCUT2D eigenvalue weighted by Gasteiger charge is 2.47. The van der Waals surface area contributed by atoms with Crippen LogP contribution in [0.15, 0.2) is 140 Å². The molecule has 0 amide bonds. The lowest BCUT2D eigenvalue weighted by molar-refractivity contribution is 0.770. The van der Waals surface area contributed by atoms with Gasteiger partial charge in [-0.1, -0.05) is 134 Å². The molecular formula is C39H28. The standard InChI is InChI=1S/C39H28/c1-2-26-15-21-35-37(23-26)39(32-19-16-27-9-3-5-12-30(27)24-32,33-20-17-28-10-4-6-13-31(28)25-33)36-22-18-29-11-7-8-14-34(29)38(35)36/h3-25H,2H2,1H3. The summed E-state index contributed by atoms with van der Waals surface area (Å²) in [5.74, 6) is 0. The molecule has 0 N–H and O–H groups in total. The van der Waals surface area contributed by atoms with E-state index in [9.17, 15) is 0 Å². The van der Waals surface area contributed by atoms with Crippen LogP contribution in [0.1, 0.15) is 34.7 Å². The minimum Gasteiger partial charge on any atom is -0.0616 e. The van der Waals surface area contributed by atoms with Crippen LogP contribution in [-0.4, -0.2) is 0 Å². The van der Waals surface area contributed by atoms with Gasteiger partial charge in [-0.2, -0.15) is 0 Å². The normalized spacial score (nSPS) is 13.6. The van der Waals surface area contributed by atoms with E-state index in [2.05, 4.69) is 146 Å². The Balaban J connectivity index is 1.58. The highest BCUT2D eigenvalue weighted by Crippen LogP contribution is 2.58. The molecule has 184 valence electrons. The van der Waals surface area contributed by atoms with Gasteiger partial charge in [0.2, 0.25) is 0 Å². The molecule has 39 heavy (non-hydrogen) atoms. The Kier molecular flexibility index (Phi) is 4.81. The van der Waals surface area contributed by atoms with Gasteiger partial charge < -0.3 is 0 Å². The number of aryl methyl sites for hydroxylation is 1. The minimum absolute atomic E-state index is 0.423. The van der Waals surface area contributed by atoms with E-state index in [1.54, 1.807) is 0 Å². The fourth-order valence-electron chi connectivity index (χ4n) is 6.99. The summed E-state index contributed by atoms with van der Waals surface area (Å²) < 4.78 is 0. The largest absolute Gasteiger partial charge is 0.0714 e. The Hall–Kier alpha value is -4.68. The van der Waals surface area contributed by atoms with Crippen LogP contribution in [-0.2, 0) is 11.8 Å². The van der Waals surface area contributed by atoms with Gasteiger partial charge in [-0.05, 0) is 89.8 Å². The molecule has 7 aromatic rings. The van der Waals surface area contributed by atoms with E-state index >= 15 is 0 Å². The summed E-state index contributed by atoms with van der Waals surface area (Å²) in [7, 11) is 0. The second-order valence-corrected chi connectivity index (χ2v) is 10.8. The summed E-state index contributed by atoms with van der Waals surface area (Å²) in [6.45, 7) is 2.26. The highest BCUT2D eigenvalue weighted by molar-refractivity contribution is 6.04. The fraction of sp³-hybridized carbons (Fsp3) is 0.0769. The predicted molar refractivity (Wildman–Crippen MR) is 166 cm³/mol. The summed E-state index contributed by atoms with van der Waals surface area (Å²) in [5, 5.41) is 7.71. The molecule has 0 unspecified atom stereocenters. The van der Waals surface area contributed by atoms with E-state index in [4.69, 9.17) is 0 Å². The Bertz CT molecular complexity index is 1980. The highest BCUT2D eigenvalue weighted by atomic mass is 14.5. The summed E-state index contributed by atoms with van der Waals surface area (Å²) in [4.78, 5) is 0. The van der Waals surface area contributed by atoms with Gasteiger partial charge >= 0.3 is 0 Å². The van der Waals surface area contributed by atoms with Crippen molar-refractivity contribution in [1.29, 1.82) is 0 Å². The lowest BCUT2D eigenvalue weighted by Gasteiger charge is -2.34. The molecule has 0 saturated heterocycles. The molecule has 0 aliphatic heterocycles. The van der Waals surface area contributed by atoms with Gasteiger partial charge in [0.25, 0.3) is 0 Å². The van der Waals surface area contributed by atoms with Crippen LogP contribution in [0.2, 0.25) is 0 Å². The molecule has 8 rings (SSSR count). The Morgan fingerprint density at radius 1 is 0.462 bits per heavy atom. The average Bonchev–Trinajstić information content (AvgIpc) is 3.31. The number of benzene rings is 7. The average molecular weight is 497 g/mol. The molecule has 0 spiro atoms. The third-order valence-electron chi connectivity index (χ3n) is 8.86. The van der Waals surface area contributed by atoms with E-state index in [-0.39, 0.29) is 0 Å². The first kappa shape index (κ1) is 22.3. The van der Waals surface area contributed by atoms with Crippen LogP contribution in [0.3, 0.4) is 0 Å². The molecule has 0 heteroatoms. The van der Waals surface area contributed by atoms with Crippen molar-refractivity contribution in [2.75, 3.05) is 0 Å². The van der Waals surface area contributed by atoms with Gasteiger partial charge in [0, 0.05) is 0 Å². The zero-order valence-electron chi connectivity index (χ0n) is 22.0. The first-order chi connectivity index (χ1) is 19.3. The van der Waals surface area contributed by atoms with Crippen LogP contribution in [0.5, 0.6) is 0 Å². The first-order valence-electron chi connectivity index (χ1n) is 13.9. The molecule has 0 aromatic heterocycles. The minimum atomic E-state index is -0.423. The van der Waals surface area contributed by atoms with Gasteiger partial charge in [0.05, 0.1) is 5.41 Å². The van der Waals surface area contributed by atoms with Crippen molar-refractivity contribution in [2.45, 2.75) is 18.8 Å². The maximum Gasteiger partial charge on any atom is 0.0714 e. The zero-order chi connectivity index (χ0) is 26.0. The quantitative estimate of drug-likeness (QED) is 0.228. The smallest absolute Gasteiger partial charge is 0.0616 e. The Morgan fingerprint density at radius 3 is 1.67 bits per heavy atom. The van der Waals surface area contributed by atoms with Crippen LogP contribution >= 0.6 is 0 Å². The van der Waals surface area contributed by atoms with Gasteiger partial charge in [-0.25, -0.2) is 0 Å². The number of hydrogen-bond donors (Lipinski definition) is 0. The van der Waals surface area contributed by atoms with E-state index in [0.29, 0.717) is 0 Å². The summed E-state index contributed by atoms with van der Waals surface area (Å²) in [6.07, 6.45) is 1.01. The second kappa shape index (κ2) is 8.41. The maximum atomic E-state index is 2.48. The van der Waals surface area contributed by atoms with Crippen molar-refractivity contribution < 1.29 is 0 Å². The monoisotopic (exact) mass is 496 g/mol. The van der Waals surface area contributed by atoms with Gasteiger partial charge in [0.1, 0.15) is 0 Å². The summed E-state index contributed by atoms with van der Waals surface area (Å²) in [5.41, 5.74) is 9.06. The van der Waals surface area contributed by atoms with Crippen molar-refractivity contribution in [3.8, 4) is 11.1 Å². The van der Waals surface area contributed by atoms with E-state index in [1.165, 1.54) is 71.3 Å². The molecule has 0 atom stereocenters. The number of fused-ring (bicyclic) bond motifs is 7. The molecular weight excluding hydrogens is 468 g/mol. The lowest BCUT2D eigenvalue weighted by atomic mass is 9.67. The topological polar surface area (TPSA) is 0 Å². The third-order valence-corrected chi connectivity index (χ3v) is 8.86. The molecule has 0 fully saturated rings.